The van der Waals surface area contributed by atoms with Gasteiger partial charge in [0.05, 0.1) is 10.6 Å². The van der Waals surface area contributed by atoms with Gasteiger partial charge in [-0.25, -0.2) is 8.42 Å². The van der Waals surface area contributed by atoms with Crippen molar-refractivity contribution in [1.82, 2.24) is 0 Å². The monoisotopic (exact) mass is 289 g/mol. The number of nitrogens with zero attached hydrogens (tertiary/aromatic N) is 1. The van der Waals surface area contributed by atoms with Crippen molar-refractivity contribution in [2.75, 3.05) is 4.31 Å². The lowest BCUT2D eigenvalue weighted by atomic mass is 10.2. The summed E-state index contributed by atoms with van der Waals surface area (Å²) in [7, 11) is -3.53. The Kier molecular flexibility index (Phi) is 4.14. The average Bonchev–Trinajstić information content (AvgIpc) is 2.41. The summed E-state index contributed by atoms with van der Waals surface area (Å²) < 4.78 is 27.0. The minimum atomic E-state index is -3.53. The molecule has 0 aromatic heterocycles. The molecule has 0 saturated heterocycles. The van der Waals surface area contributed by atoms with Crippen molar-refractivity contribution in [3.63, 3.8) is 0 Å². The Labute approximate surface area is 120 Å². The molecule has 0 radical (unpaired) electrons. The van der Waals surface area contributed by atoms with E-state index in [0.717, 1.165) is 5.56 Å². The molecule has 2 aromatic carbocycles. The summed E-state index contributed by atoms with van der Waals surface area (Å²) >= 11 is 0. The summed E-state index contributed by atoms with van der Waals surface area (Å²) in [6, 6.07) is 15.9. The van der Waals surface area contributed by atoms with E-state index < -0.39 is 10.0 Å². The molecule has 106 valence electrons. The topological polar surface area (TPSA) is 37.4 Å². The summed E-state index contributed by atoms with van der Waals surface area (Å²) in [4.78, 5) is 0.314. The van der Waals surface area contributed by atoms with Gasteiger partial charge in [0.15, 0.2) is 0 Å². The van der Waals surface area contributed by atoms with Crippen LogP contribution in [-0.2, 0) is 10.0 Å². The molecule has 0 amide bonds. The summed E-state index contributed by atoms with van der Waals surface area (Å²) in [5.74, 6) is 0. The minimum absolute atomic E-state index is 0.150. The molecule has 0 saturated carbocycles. The normalized spacial score (nSPS) is 11.6. The standard InChI is InChI=1S/C16H19NO2S/c1-13(2)17(15-11-9-14(3)10-12-15)20(18,19)16-7-5-4-6-8-16/h4-13H,1-3H3. The highest BCUT2D eigenvalue weighted by atomic mass is 32.2. The van der Waals surface area contributed by atoms with Crippen molar-refractivity contribution in [3.05, 3.63) is 60.2 Å². The molecular formula is C16H19NO2S. The molecule has 0 bridgehead atoms. The van der Waals surface area contributed by atoms with Crippen molar-refractivity contribution in [1.29, 1.82) is 0 Å². The van der Waals surface area contributed by atoms with Crippen LogP contribution in [-0.4, -0.2) is 14.5 Å². The van der Waals surface area contributed by atoms with Crippen LogP contribution in [0.3, 0.4) is 0 Å². The minimum Gasteiger partial charge on any atom is -0.264 e. The SMILES string of the molecule is Cc1ccc(N(C(C)C)S(=O)(=O)c2ccccc2)cc1. The van der Waals surface area contributed by atoms with Gasteiger partial charge in [0.2, 0.25) is 0 Å². The van der Waals surface area contributed by atoms with E-state index >= 15 is 0 Å². The number of hydrogen-bond acceptors (Lipinski definition) is 2. The second-order valence-corrected chi connectivity index (χ2v) is 6.86. The Bertz CT molecular complexity index is 661. The van der Waals surface area contributed by atoms with Crippen molar-refractivity contribution in [2.45, 2.75) is 31.7 Å². The maximum Gasteiger partial charge on any atom is 0.264 e. The highest BCUT2D eigenvalue weighted by Gasteiger charge is 2.26. The van der Waals surface area contributed by atoms with Crippen LogP contribution in [0.25, 0.3) is 0 Å². The van der Waals surface area contributed by atoms with E-state index in [2.05, 4.69) is 0 Å². The van der Waals surface area contributed by atoms with Gasteiger partial charge in [0.1, 0.15) is 0 Å². The van der Waals surface area contributed by atoms with E-state index in [1.807, 2.05) is 51.1 Å². The van der Waals surface area contributed by atoms with Crippen LogP contribution in [0.2, 0.25) is 0 Å². The second-order valence-electron chi connectivity index (χ2n) is 5.04. The molecule has 0 atom stereocenters. The van der Waals surface area contributed by atoms with Crippen LogP contribution >= 0.6 is 0 Å². The molecular weight excluding hydrogens is 270 g/mol. The van der Waals surface area contributed by atoms with Crippen LogP contribution in [0.15, 0.2) is 59.5 Å². The zero-order valence-corrected chi connectivity index (χ0v) is 12.8. The summed E-state index contributed by atoms with van der Waals surface area (Å²) in [5, 5.41) is 0. The van der Waals surface area contributed by atoms with E-state index in [0.29, 0.717) is 10.6 Å². The fourth-order valence-corrected chi connectivity index (χ4v) is 3.79. The summed E-state index contributed by atoms with van der Waals surface area (Å²) in [6.07, 6.45) is 0. The fraction of sp³-hybridized carbons (Fsp3) is 0.250. The van der Waals surface area contributed by atoms with E-state index in [1.54, 1.807) is 24.3 Å². The highest BCUT2D eigenvalue weighted by molar-refractivity contribution is 7.92. The number of rotatable bonds is 4. The van der Waals surface area contributed by atoms with E-state index in [1.165, 1.54) is 4.31 Å². The molecule has 3 nitrogen and oxygen atoms in total. The molecule has 0 aliphatic carbocycles. The Hall–Kier alpha value is -1.81. The predicted octanol–water partition coefficient (Wildman–Crippen LogP) is 3.60. The molecule has 0 fully saturated rings. The predicted molar refractivity (Wildman–Crippen MR) is 82.4 cm³/mol. The van der Waals surface area contributed by atoms with Gasteiger partial charge in [-0.05, 0) is 45.0 Å². The van der Waals surface area contributed by atoms with Gasteiger partial charge in [-0.3, -0.25) is 4.31 Å². The highest BCUT2D eigenvalue weighted by Crippen LogP contribution is 2.26. The third kappa shape index (κ3) is 2.85. The molecule has 0 spiro atoms. The summed E-state index contributed by atoms with van der Waals surface area (Å²) in [6.45, 7) is 5.73. The van der Waals surface area contributed by atoms with E-state index in [9.17, 15) is 8.42 Å². The molecule has 2 aromatic rings. The first-order valence-corrected chi connectivity index (χ1v) is 8.03. The smallest absolute Gasteiger partial charge is 0.264 e. The maximum absolute atomic E-state index is 12.8. The largest absolute Gasteiger partial charge is 0.264 e. The van der Waals surface area contributed by atoms with Gasteiger partial charge in [-0.1, -0.05) is 35.9 Å². The number of benzene rings is 2. The Morgan fingerprint density at radius 2 is 1.45 bits per heavy atom. The lowest BCUT2D eigenvalue weighted by molar-refractivity contribution is 0.584. The molecule has 0 N–H and O–H groups in total. The Morgan fingerprint density at radius 1 is 0.900 bits per heavy atom. The first kappa shape index (κ1) is 14.6. The van der Waals surface area contributed by atoms with Gasteiger partial charge in [0.25, 0.3) is 10.0 Å². The lowest BCUT2D eigenvalue weighted by Crippen LogP contribution is -2.36. The molecule has 0 unspecified atom stereocenters. The molecule has 2 rings (SSSR count). The molecule has 0 aliphatic rings. The zero-order valence-electron chi connectivity index (χ0n) is 11.9. The zero-order chi connectivity index (χ0) is 14.8. The van der Waals surface area contributed by atoms with Crippen LogP contribution in [0.4, 0.5) is 5.69 Å². The third-order valence-electron chi connectivity index (χ3n) is 3.06. The van der Waals surface area contributed by atoms with Crippen molar-refractivity contribution >= 4 is 15.7 Å². The number of hydrogen-bond donors (Lipinski definition) is 0. The Balaban J connectivity index is 2.52. The van der Waals surface area contributed by atoms with E-state index in [-0.39, 0.29) is 6.04 Å². The lowest BCUT2D eigenvalue weighted by Gasteiger charge is -2.28. The average molecular weight is 289 g/mol. The van der Waals surface area contributed by atoms with Crippen LogP contribution in [0.1, 0.15) is 19.4 Å². The van der Waals surface area contributed by atoms with Crippen molar-refractivity contribution in [2.24, 2.45) is 0 Å². The van der Waals surface area contributed by atoms with Crippen LogP contribution < -0.4 is 4.31 Å². The summed E-state index contributed by atoms with van der Waals surface area (Å²) in [5.41, 5.74) is 1.80. The van der Waals surface area contributed by atoms with Gasteiger partial charge in [0, 0.05) is 6.04 Å². The first-order chi connectivity index (χ1) is 9.43. The first-order valence-electron chi connectivity index (χ1n) is 6.59. The molecule has 4 heteroatoms. The number of sulfonamides is 1. The van der Waals surface area contributed by atoms with Gasteiger partial charge < -0.3 is 0 Å². The van der Waals surface area contributed by atoms with E-state index in [4.69, 9.17) is 0 Å². The molecule has 0 heterocycles. The van der Waals surface area contributed by atoms with Crippen LogP contribution in [0.5, 0.6) is 0 Å². The maximum atomic E-state index is 12.8. The number of anilines is 1. The molecule has 0 aliphatic heterocycles. The van der Waals surface area contributed by atoms with Gasteiger partial charge in [-0.15, -0.1) is 0 Å². The van der Waals surface area contributed by atoms with Crippen LogP contribution in [0, 0.1) is 6.92 Å². The number of aryl methyl sites for hydroxylation is 1. The molecule has 20 heavy (non-hydrogen) atoms. The van der Waals surface area contributed by atoms with Crippen molar-refractivity contribution < 1.29 is 8.42 Å². The van der Waals surface area contributed by atoms with Gasteiger partial charge in [-0.2, -0.15) is 0 Å². The van der Waals surface area contributed by atoms with Gasteiger partial charge >= 0.3 is 0 Å². The Morgan fingerprint density at radius 3 is 1.95 bits per heavy atom. The van der Waals surface area contributed by atoms with Crippen molar-refractivity contribution in [3.8, 4) is 0 Å². The third-order valence-corrected chi connectivity index (χ3v) is 5.08. The quantitative estimate of drug-likeness (QED) is 0.862. The fourth-order valence-electron chi connectivity index (χ4n) is 2.11. The second kappa shape index (κ2) is 5.67.